The number of anilines is 1. The highest BCUT2D eigenvalue weighted by Crippen LogP contribution is 2.42. The van der Waals surface area contributed by atoms with Crippen LogP contribution < -0.4 is 4.90 Å². The number of hydrogen-bond acceptors (Lipinski definition) is 7. The van der Waals surface area contributed by atoms with E-state index in [-0.39, 0.29) is 34.7 Å². The molecule has 0 saturated carbocycles. The Morgan fingerprint density at radius 1 is 1.00 bits per heavy atom. The Morgan fingerprint density at radius 2 is 1.58 bits per heavy atom. The lowest BCUT2D eigenvalue weighted by Gasteiger charge is -2.25. The molecule has 9 nitrogen and oxygen atoms in total. The lowest BCUT2D eigenvalue weighted by atomic mass is 9.95. The van der Waals surface area contributed by atoms with E-state index in [1.54, 1.807) is 6.92 Å². The number of carbonyl (C=O) groups is 3. The van der Waals surface area contributed by atoms with Gasteiger partial charge in [0.25, 0.3) is 17.4 Å². The molecule has 1 saturated heterocycles. The van der Waals surface area contributed by atoms with E-state index in [0.29, 0.717) is 10.6 Å². The van der Waals surface area contributed by atoms with Crippen molar-refractivity contribution in [2.75, 3.05) is 11.5 Å². The number of nitrogens with zero attached hydrogens (tertiary/aromatic N) is 2. The second-order valence-electron chi connectivity index (χ2n) is 7.79. The zero-order chi connectivity index (χ0) is 26.0. The minimum atomic E-state index is -1.09. The van der Waals surface area contributed by atoms with Gasteiger partial charge in [0.2, 0.25) is 0 Å². The summed E-state index contributed by atoms with van der Waals surface area (Å²) in [5.41, 5.74) is 0.804. The number of esters is 1. The zero-order valence-electron chi connectivity index (χ0n) is 18.9. The van der Waals surface area contributed by atoms with E-state index < -0.39 is 34.4 Å². The fraction of sp³-hybridized carbons (Fsp3) is 0.115. The van der Waals surface area contributed by atoms with Crippen LogP contribution in [0.3, 0.4) is 0 Å². The Hall–Kier alpha value is -4.50. The van der Waals surface area contributed by atoms with Crippen molar-refractivity contribution in [2.24, 2.45) is 0 Å². The van der Waals surface area contributed by atoms with E-state index in [9.17, 15) is 29.6 Å². The molecule has 0 aromatic heterocycles. The molecule has 4 rings (SSSR count). The van der Waals surface area contributed by atoms with Crippen molar-refractivity contribution in [1.29, 1.82) is 0 Å². The van der Waals surface area contributed by atoms with Gasteiger partial charge in [-0.15, -0.1) is 0 Å². The molecule has 1 atom stereocenters. The summed E-state index contributed by atoms with van der Waals surface area (Å²) in [6, 6.07) is 16.2. The zero-order valence-corrected chi connectivity index (χ0v) is 19.6. The van der Waals surface area contributed by atoms with Gasteiger partial charge in [0.15, 0.2) is 0 Å². The lowest BCUT2D eigenvalue weighted by molar-refractivity contribution is -0.384. The van der Waals surface area contributed by atoms with Gasteiger partial charge in [-0.25, -0.2) is 4.79 Å². The van der Waals surface area contributed by atoms with Gasteiger partial charge in [0.1, 0.15) is 5.76 Å². The smallest absolute Gasteiger partial charge is 0.338 e. The van der Waals surface area contributed by atoms with E-state index in [1.807, 2.05) is 0 Å². The van der Waals surface area contributed by atoms with Gasteiger partial charge in [-0.1, -0.05) is 11.6 Å². The third-order valence-electron chi connectivity index (χ3n) is 5.64. The number of nitro groups is 1. The first-order chi connectivity index (χ1) is 17.2. The minimum Gasteiger partial charge on any atom is -0.507 e. The molecule has 10 heteroatoms. The predicted octanol–water partition coefficient (Wildman–Crippen LogP) is 5.05. The van der Waals surface area contributed by atoms with Crippen molar-refractivity contribution in [2.45, 2.75) is 13.0 Å². The van der Waals surface area contributed by atoms with Crippen LogP contribution in [0.25, 0.3) is 5.76 Å². The summed E-state index contributed by atoms with van der Waals surface area (Å²) < 4.78 is 4.98. The third-order valence-corrected chi connectivity index (χ3v) is 5.89. The maximum absolute atomic E-state index is 13.2. The number of amides is 1. The molecule has 1 N–H and O–H groups in total. The number of hydrogen-bond donors (Lipinski definition) is 1. The number of nitro benzene ring substituents is 1. The molecular formula is C26H19ClN2O7. The third kappa shape index (κ3) is 4.56. The molecule has 3 aromatic rings. The summed E-state index contributed by atoms with van der Waals surface area (Å²) in [5.74, 6) is -2.79. The van der Waals surface area contributed by atoms with Crippen LogP contribution in [-0.2, 0) is 14.3 Å². The molecule has 1 fully saturated rings. The summed E-state index contributed by atoms with van der Waals surface area (Å²) in [6.07, 6.45) is 0. The van der Waals surface area contributed by atoms with Gasteiger partial charge >= 0.3 is 5.97 Å². The van der Waals surface area contributed by atoms with Crippen LogP contribution in [-0.4, -0.2) is 34.3 Å². The van der Waals surface area contributed by atoms with Crippen molar-refractivity contribution in [3.63, 3.8) is 0 Å². The predicted molar refractivity (Wildman–Crippen MR) is 132 cm³/mol. The van der Waals surface area contributed by atoms with Crippen LogP contribution in [0.1, 0.15) is 34.5 Å². The second-order valence-corrected chi connectivity index (χ2v) is 8.23. The number of halogens is 1. The van der Waals surface area contributed by atoms with Crippen molar-refractivity contribution in [1.82, 2.24) is 0 Å². The second kappa shape index (κ2) is 10.0. The first kappa shape index (κ1) is 24.6. The van der Waals surface area contributed by atoms with Gasteiger partial charge in [0, 0.05) is 28.4 Å². The average molecular weight is 507 g/mol. The monoisotopic (exact) mass is 506 g/mol. The number of non-ortho nitro benzene ring substituents is 1. The van der Waals surface area contributed by atoms with Gasteiger partial charge < -0.3 is 9.84 Å². The van der Waals surface area contributed by atoms with Crippen molar-refractivity contribution in [3.8, 4) is 0 Å². The number of Topliss-reactive ketones (excluding diaryl/α,β-unsaturated/α-hetero) is 1. The number of rotatable bonds is 6. The Bertz CT molecular complexity index is 1380. The van der Waals surface area contributed by atoms with Gasteiger partial charge in [0.05, 0.1) is 28.7 Å². The number of carbonyl (C=O) groups excluding carboxylic acids is 3. The van der Waals surface area contributed by atoms with Gasteiger partial charge in [-0.3, -0.25) is 24.6 Å². The largest absolute Gasteiger partial charge is 0.507 e. The van der Waals surface area contributed by atoms with E-state index in [1.165, 1.54) is 77.7 Å². The minimum absolute atomic E-state index is 0.174. The summed E-state index contributed by atoms with van der Waals surface area (Å²) >= 11 is 5.94. The number of benzene rings is 3. The van der Waals surface area contributed by atoms with Crippen LogP contribution in [0.5, 0.6) is 0 Å². The van der Waals surface area contributed by atoms with Crippen molar-refractivity contribution < 1.29 is 29.2 Å². The number of ether oxygens (including phenoxy) is 1. The maximum Gasteiger partial charge on any atom is 0.338 e. The number of aliphatic hydroxyl groups excluding tert-OH is 1. The summed E-state index contributed by atoms with van der Waals surface area (Å²) in [5, 5.41) is 22.6. The van der Waals surface area contributed by atoms with Crippen molar-refractivity contribution in [3.05, 3.63) is 110 Å². The summed E-state index contributed by atoms with van der Waals surface area (Å²) in [6.45, 7) is 1.87. The average Bonchev–Trinajstić information content (AvgIpc) is 3.14. The van der Waals surface area contributed by atoms with Gasteiger partial charge in [-0.2, -0.15) is 0 Å². The number of aliphatic hydroxyl groups is 1. The Labute approximate surface area is 210 Å². The molecule has 1 aliphatic rings. The molecule has 0 radical (unpaired) electrons. The van der Waals surface area contributed by atoms with E-state index >= 15 is 0 Å². The summed E-state index contributed by atoms with van der Waals surface area (Å²) in [7, 11) is 0. The van der Waals surface area contributed by atoms with Crippen LogP contribution in [0.2, 0.25) is 5.02 Å². The first-order valence-corrected chi connectivity index (χ1v) is 11.2. The molecule has 1 heterocycles. The standard InChI is InChI=1S/C26H19ClN2O7/c1-2-36-26(33)17-7-11-19(12-8-17)28-22(15-5-13-20(14-6-15)29(34)35)21(24(31)25(28)32)23(30)16-3-9-18(27)10-4-16/h3-14,22,30H,2H2,1H3/b23-21+. The highest BCUT2D eigenvalue weighted by atomic mass is 35.5. The molecule has 3 aromatic carbocycles. The SMILES string of the molecule is CCOC(=O)c1ccc(N2C(=O)C(=O)/C(=C(/O)c3ccc(Cl)cc3)C2c2ccc([N+](=O)[O-])cc2)cc1. The molecule has 36 heavy (non-hydrogen) atoms. The molecule has 1 unspecified atom stereocenters. The quantitative estimate of drug-likeness (QED) is 0.124. The molecule has 182 valence electrons. The Morgan fingerprint density at radius 3 is 2.14 bits per heavy atom. The molecule has 0 aliphatic carbocycles. The van der Waals surface area contributed by atoms with Crippen LogP contribution in [0.4, 0.5) is 11.4 Å². The van der Waals surface area contributed by atoms with Crippen LogP contribution >= 0.6 is 11.6 Å². The maximum atomic E-state index is 13.2. The van der Waals surface area contributed by atoms with E-state index in [2.05, 4.69) is 0 Å². The molecule has 1 aliphatic heterocycles. The lowest BCUT2D eigenvalue weighted by Crippen LogP contribution is -2.29. The van der Waals surface area contributed by atoms with E-state index in [4.69, 9.17) is 16.3 Å². The fourth-order valence-electron chi connectivity index (χ4n) is 3.93. The van der Waals surface area contributed by atoms with Gasteiger partial charge in [-0.05, 0) is 73.2 Å². The first-order valence-electron chi connectivity index (χ1n) is 10.8. The Kier molecular flexibility index (Phi) is 6.84. The molecule has 0 bridgehead atoms. The van der Waals surface area contributed by atoms with Crippen molar-refractivity contribution >= 4 is 46.4 Å². The molecular weight excluding hydrogens is 488 g/mol. The highest BCUT2D eigenvalue weighted by Gasteiger charge is 2.47. The van der Waals surface area contributed by atoms with E-state index in [0.717, 1.165) is 0 Å². The Balaban J connectivity index is 1.86. The topological polar surface area (TPSA) is 127 Å². The molecule has 1 amide bonds. The highest BCUT2D eigenvalue weighted by molar-refractivity contribution is 6.51. The summed E-state index contributed by atoms with van der Waals surface area (Å²) in [4.78, 5) is 50.1. The number of ketones is 1. The van der Waals surface area contributed by atoms with Crippen LogP contribution in [0, 0.1) is 10.1 Å². The normalized spacial score (nSPS) is 16.7. The molecule has 0 spiro atoms. The van der Waals surface area contributed by atoms with Crippen LogP contribution in [0.15, 0.2) is 78.4 Å². The fourth-order valence-corrected chi connectivity index (χ4v) is 4.05.